The van der Waals surface area contributed by atoms with Gasteiger partial charge in [0, 0.05) is 40.5 Å². The van der Waals surface area contributed by atoms with E-state index in [4.69, 9.17) is 19.0 Å². The third kappa shape index (κ3) is 6.46. The van der Waals surface area contributed by atoms with E-state index in [9.17, 15) is 0 Å². The van der Waals surface area contributed by atoms with Crippen LogP contribution in [0.2, 0.25) is 6.04 Å². The van der Waals surface area contributed by atoms with Gasteiger partial charge < -0.3 is 19.0 Å². The standard InChI is InChI=1S/C10H27N3O3Si/c1-6-13(12-10(2)11)8-7-9-17(14-3,15-4)16-5/h10,12H,6-9,11H2,1-5H3. The Kier molecular flexibility index (Phi) is 8.97. The molecule has 1 atom stereocenters. The van der Waals surface area contributed by atoms with Gasteiger partial charge in [0.1, 0.15) is 0 Å². The van der Waals surface area contributed by atoms with Gasteiger partial charge in [-0.05, 0) is 13.3 Å². The van der Waals surface area contributed by atoms with Gasteiger partial charge in [-0.15, -0.1) is 0 Å². The Labute approximate surface area is 106 Å². The minimum Gasteiger partial charge on any atom is -0.377 e. The second-order valence-electron chi connectivity index (χ2n) is 3.90. The number of rotatable bonds is 10. The molecular weight excluding hydrogens is 238 g/mol. The fourth-order valence-electron chi connectivity index (χ4n) is 1.64. The molecular formula is C10H27N3O3Si. The van der Waals surface area contributed by atoms with Crippen molar-refractivity contribution in [3.05, 3.63) is 0 Å². The first-order valence-electron chi connectivity index (χ1n) is 5.95. The van der Waals surface area contributed by atoms with E-state index >= 15 is 0 Å². The Bertz CT molecular complexity index is 183. The van der Waals surface area contributed by atoms with Crippen molar-refractivity contribution < 1.29 is 13.3 Å². The highest BCUT2D eigenvalue weighted by molar-refractivity contribution is 6.60. The van der Waals surface area contributed by atoms with Gasteiger partial charge in [0.25, 0.3) is 0 Å². The van der Waals surface area contributed by atoms with Crippen molar-refractivity contribution in [2.24, 2.45) is 5.73 Å². The van der Waals surface area contributed by atoms with E-state index in [0.29, 0.717) is 0 Å². The summed E-state index contributed by atoms with van der Waals surface area (Å²) in [6, 6.07) is 0.799. The van der Waals surface area contributed by atoms with E-state index in [1.165, 1.54) is 0 Å². The average Bonchev–Trinajstić information content (AvgIpc) is 2.33. The number of nitrogens with one attached hydrogen (secondary N) is 1. The van der Waals surface area contributed by atoms with Crippen molar-refractivity contribution in [2.75, 3.05) is 34.4 Å². The molecule has 0 aliphatic heterocycles. The molecule has 0 aromatic heterocycles. The highest BCUT2D eigenvalue weighted by atomic mass is 28.4. The molecule has 0 aromatic rings. The number of hydrogen-bond donors (Lipinski definition) is 2. The molecule has 0 amide bonds. The first kappa shape index (κ1) is 17.0. The topological polar surface area (TPSA) is 69.0 Å². The number of hydrazine groups is 1. The van der Waals surface area contributed by atoms with Gasteiger partial charge in [0.05, 0.1) is 6.17 Å². The number of nitrogens with zero attached hydrogens (tertiary/aromatic N) is 1. The summed E-state index contributed by atoms with van der Waals surface area (Å²) in [5.41, 5.74) is 8.86. The van der Waals surface area contributed by atoms with Gasteiger partial charge in [-0.1, -0.05) is 6.92 Å². The van der Waals surface area contributed by atoms with Gasteiger partial charge in [-0.25, -0.2) is 10.4 Å². The molecule has 3 N–H and O–H groups in total. The molecule has 0 saturated carbocycles. The molecule has 0 aliphatic rings. The molecule has 0 bridgehead atoms. The van der Waals surface area contributed by atoms with Crippen LogP contribution in [0.1, 0.15) is 20.3 Å². The van der Waals surface area contributed by atoms with Crippen molar-refractivity contribution in [3.63, 3.8) is 0 Å². The summed E-state index contributed by atoms with van der Waals surface area (Å²) >= 11 is 0. The SMILES string of the molecule is CCN(CCC[Si](OC)(OC)OC)NC(C)N. The van der Waals surface area contributed by atoms with Gasteiger partial charge >= 0.3 is 8.80 Å². The largest absolute Gasteiger partial charge is 0.500 e. The predicted molar refractivity (Wildman–Crippen MR) is 70.2 cm³/mol. The molecule has 104 valence electrons. The van der Waals surface area contributed by atoms with Crippen LogP contribution in [-0.4, -0.2) is 54.4 Å². The molecule has 7 heteroatoms. The monoisotopic (exact) mass is 265 g/mol. The lowest BCUT2D eigenvalue weighted by atomic mass is 10.4. The lowest BCUT2D eigenvalue weighted by Gasteiger charge is -2.27. The lowest BCUT2D eigenvalue weighted by molar-refractivity contribution is 0.118. The minimum atomic E-state index is -2.42. The molecule has 17 heavy (non-hydrogen) atoms. The van der Waals surface area contributed by atoms with Crippen molar-refractivity contribution >= 4 is 8.80 Å². The smallest absolute Gasteiger partial charge is 0.377 e. The third-order valence-electron chi connectivity index (χ3n) is 2.61. The molecule has 0 radical (unpaired) electrons. The summed E-state index contributed by atoms with van der Waals surface area (Å²) in [5.74, 6) is 0. The van der Waals surface area contributed by atoms with Crippen LogP contribution in [0.25, 0.3) is 0 Å². The zero-order valence-corrected chi connectivity index (χ0v) is 12.7. The van der Waals surface area contributed by atoms with Crippen LogP contribution in [0.3, 0.4) is 0 Å². The maximum Gasteiger partial charge on any atom is 0.500 e. The Morgan fingerprint density at radius 1 is 1.24 bits per heavy atom. The van der Waals surface area contributed by atoms with E-state index in [0.717, 1.165) is 25.6 Å². The van der Waals surface area contributed by atoms with Crippen LogP contribution in [0.15, 0.2) is 0 Å². The summed E-state index contributed by atoms with van der Waals surface area (Å²) in [6.07, 6.45) is 0.902. The molecule has 0 aromatic carbocycles. The molecule has 0 heterocycles. The molecule has 0 rings (SSSR count). The van der Waals surface area contributed by atoms with E-state index in [2.05, 4.69) is 17.4 Å². The zero-order chi connectivity index (χ0) is 13.3. The quantitative estimate of drug-likeness (QED) is 0.338. The van der Waals surface area contributed by atoms with Gasteiger partial charge in [-0.2, -0.15) is 0 Å². The Hall–Kier alpha value is -0.0231. The van der Waals surface area contributed by atoms with Crippen LogP contribution >= 0.6 is 0 Å². The summed E-state index contributed by atoms with van der Waals surface area (Å²) < 4.78 is 16.1. The first-order chi connectivity index (χ1) is 8.03. The van der Waals surface area contributed by atoms with Crippen LogP contribution in [-0.2, 0) is 13.3 Å². The molecule has 6 nitrogen and oxygen atoms in total. The van der Waals surface area contributed by atoms with Crippen LogP contribution in [0.4, 0.5) is 0 Å². The van der Waals surface area contributed by atoms with Crippen LogP contribution < -0.4 is 11.2 Å². The van der Waals surface area contributed by atoms with E-state index in [1.807, 2.05) is 6.92 Å². The van der Waals surface area contributed by atoms with Gasteiger partial charge in [0.15, 0.2) is 0 Å². The summed E-state index contributed by atoms with van der Waals surface area (Å²) in [5, 5.41) is 2.09. The Balaban J connectivity index is 4.01. The van der Waals surface area contributed by atoms with Crippen LogP contribution in [0, 0.1) is 0 Å². The highest BCUT2D eigenvalue weighted by Crippen LogP contribution is 2.14. The molecule has 0 saturated heterocycles. The molecule has 0 spiro atoms. The summed E-state index contributed by atoms with van der Waals surface area (Å²) in [7, 11) is 2.49. The Morgan fingerprint density at radius 3 is 2.12 bits per heavy atom. The fourth-order valence-corrected chi connectivity index (χ4v) is 3.35. The summed E-state index contributed by atoms with van der Waals surface area (Å²) in [6.45, 7) is 5.80. The lowest BCUT2D eigenvalue weighted by Crippen LogP contribution is -2.49. The number of nitrogens with two attached hydrogens (primary N) is 1. The maximum absolute atomic E-state index is 5.69. The number of hydrogen-bond acceptors (Lipinski definition) is 6. The van der Waals surface area contributed by atoms with E-state index in [1.54, 1.807) is 21.3 Å². The molecule has 1 unspecified atom stereocenters. The average molecular weight is 265 g/mol. The van der Waals surface area contributed by atoms with Gasteiger partial charge in [-0.3, -0.25) is 0 Å². The zero-order valence-electron chi connectivity index (χ0n) is 11.7. The molecule has 0 aliphatic carbocycles. The van der Waals surface area contributed by atoms with E-state index in [-0.39, 0.29) is 6.17 Å². The fraction of sp³-hybridized carbons (Fsp3) is 1.00. The van der Waals surface area contributed by atoms with Crippen molar-refractivity contribution in [1.82, 2.24) is 10.4 Å². The minimum absolute atomic E-state index is 0.0378. The maximum atomic E-state index is 5.69. The third-order valence-corrected chi connectivity index (χ3v) is 5.44. The van der Waals surface area contributed by atoms with Crippen molar-refractivity contribution in [3.8, 4) is 0 Å². The molecule has 0 fully saturated rings. The predicted octanol–water partition coefficient (Wildman–Crippen LogP) is 0.386. The Morgan fingerprint density at radius 2 is 1.76 bits per heavy atom. The second kappa shape index (κ2) is 8.98. The van der Waals surface area contributed by atoms with Crippen molar-refractivity contribution in [2.45, 2.75) is 32.5 Å². The van der Waals surface area contributed by atoms with Crippen molar-refractivity contribution in [1.29, 1.82) is 0 Å². The van der Waals surface area contributed by atoms with Crippen LogP contribution in [0.5, 0.6) is 0 Å². The second-order valence-corrected chi connectivity index (χ2v) is 6.99. The van der Waals surface area contributed by atoms with Gasteiger partial charge in [0.2, 0.25) is 0 Å². The first-order valence-corrected chi connectivity index (χ1v) is 7.89. The normalized spacial score (nSPS) is 14.3. The summed E-state index contributed by atoms with van der Waals surface area (Å²) in [4.78, 5) is 0. The highest BCUT2D eigenvalue weighted by Gasteiger charge is 2.36. The van der Waals surface area contributed by atoms with E-state index < -0.39 is 8.80 Å².